The molecule has 1 aliphatic rings. The maximum absolute atomic E-state index is 14.0. The van der Waals surface area contributed by atoms with E-state index in [9.17, 15) is 27.5 Å². The fourth-order valence-electron chi connectivity index (χ4n) is 1.79. The van der Waals surface area contributed by atoms with E-state index in [0.717, 1.165) is 6.21 Å². The van der Waals surface area contributed by atoms with Crippen LogP contribution >= 0.6 is 11.6 Å². The van der Waals surface area contributed by atoms with Gasteiger partial charge in [0, 0.05) is 12.6 Å². The lowest BCUT2D eigenvalue weighted by molar-refractivity contribution is -0.137. The lowest BCUT2D eigenvalue weighted by atomic mass is 10.1. The highest BCUT2D eigenvalue weighted by Gasteiger charge is 2.37. The third kappa shape index (κ3) is 3.69. The van der Waals surface area contributed by atoms with Gasteiger partial charge in [-0.2, -0.15) is 0 Å². The molecule has 1 aromatic rings. The van der Waals surface area contributed by atoms with Gasteiger partial charge in [0.1, 0.15) is 22.5 Å². The SMILES string of the molecule is CCOC(=O)/C(C=N[C@@H]1C[C@@H]1F)=C(/O)c1cc(F)c(F)c(Cl)c1F. The van der Waals surface area contributed by atoms with E-state index in [1.807, 2.05) is 0 Å². The van der Waals surface area contributed by atoms with Gasteiger partial charge < -0.3 is 9.84 Å². The van der Waals surface area contributed by atoms with Gasteiger partial charge >= 0.3 is 5.97 Å². The molecule has 0 heterocycles. The molecule has 0 amide bonds. The highest BCUT2D eigenvalue weighted by molar-refractivity contribution is 6.31. The second kappa shape index (κ2) is 7.21. The minimum absolute atomic E-state index is 0.0698. The molecule has 4 nitrogen and oxygen atoms in total. The van der Waals surface area contributed by atoms with Crippen molar-refractivity contribution in [2.75, 3.05) is 6.61 Å². The fourth-order valence-corrected chi connectivity index (χ4v) is 1.98. The van der Waals surface area contributed by atoms with E-state index in [1.165, 1.54) is 6.92 Å². The number of carbonyl (C=O) groups excluding carboxylic acids is 1. The van der Waals surface area contributed by atoms with Crippen LogP contribution in [0.4, 0.5) is 17.6 Å². The molecule has 1 aliphatic carbocycles. The van der Waals surface area contributed by atoms with Gasteiger partial charge in [-0.15, -0.1) is 0 Å². The number of benzene rings is 1. The Morgan fingerprint density at radius 3 is 2.62 bits per heavy atom. The molecule has 1 N–H and O–H groups in total. The molecule has 130 valence electrons. The van der Waals surface area contributed by atoms with E-state index >= 15 is 0 Å². The topological polar surface area (TPSA) is 58.9 Å². The summed E-state index contributed by atoms with van der Waals surface area (Å²) in [6.07, 6.45) is -0.202. The smallest absolute Gasteiger partial charge is 0.343 e. The molecule has 1 fully saturated rings. The minimum atomic E-state index is -1.63. The van der Waals surface area contributed by atoms with Crippen molar-refractivity contribution in [3.05, 3.63) is 39.7 Å². The average Bonchev–Trinajstić information content (AvgIpc) is 3.24. The highest BCUT2D eigenvalue weighted by atomic mass is 35.5. The molecular formula is C15H12ClF4NO3. The zero-order chi connectivity index (χ0) is 18.0. The summed E-state index contributed by atoms with van der Waals surface area (Å²) >= 11 is 5.31. The van der Waals surface area contributed by atoms with Crippen LogP contribution in [0.3, 0.4) is 0 Å². The molecule has 1 aromatic carbocycles. The lowest BCUT2D eigenvalue weighted by Gasteiger charge is -2.09. The molecule has 24 heavy (non-hydrogen) atoms. The zero-order valence-corrected chi connectivity index (χ0v) is 13.1. The summed E-state index contributed by atoms with van der Waals surface area (Å²) in [5, 5.41) is 8.93. The number of carbonyl (C=O) groups is 1. The van der Waals surface area contributed by atoms with Crippen molar-refractivity contribution in [2.24, 2.45) is 4.99 Å². The van der Waals surface area contributed by atoms with Crippen LogP contribution in [-0.2, 0) is 9.53 Å². The van der Waals surface area contributed by atoms with Gasteiger partial charge in [0.05, 0.1) is 18.2 Å². The van der Waals surface area contributed by atoms with Crippen molar-refractivity contribution in [2.45, 2.75) is 25.6 Å². The molecule has 1 saturated carbocycles. The second-order valence-electron chi connectivity index (χ2n) is 4.93. The van der Waals surface area contributed by atoms with Crippen LogP contribution in [0.2, 0.25) is 5.02 Å². The molecule has 0 spiro atoms. The first-order valence-corrected chi connectivity index (χ1v) is 7.26. The minimum Gasteiger partial charge on any atom is -0.506 e. The maximum atomic E-state index is 14.0. The summed E-state index contributed by atoms with van der Waals surface area (Å²) in [5.74, 6) is -6.75. The third-order valence-electron chi connectivity index (χ3n) is 3.18. The van der Waals surface area contributed by atoms with E-state index in [1.54, 1.807) is 0 Å². The van der Waals surface area contributed by atoms with Gasteiger partial charge in [-0.25, -0.2) is 22.4 Å². The number of nitrogens with zero attached hydrogens (tertiary/aromatic N) is 1. The maximum Gasteiger partial charge on any atom is 0.343 e. The molecule has 0 aliphatic heterocycles. The van der Waals surface area contributed by atoms with Crippen LogP contribution in [0.15, 0.2) is 16.6 Å². The Hall–Kier alpha value is -2.09. The predicted octanol–water partition coefficient (Wildman–Crippen LogP) is 3.77. The van der Waals surface area contributed by atoms with E-state index in [-0.39, 0.29) is 13.0 Å². The molecule has 0 bridgehead atoms. The van der Waals surface area contributed by atoms with Gasteiger partial charge in [0.2, 0.25) is 0 Å². The second-order valence-corrected chi connectivity index (χ2v) is 5.31. The highest BCUT2D eigenvalue weighted by Crippen LogP contribution is 2.31. The summed E-state index contributed by atoms with van der Waals surface area (Å²) in [7, 11) is 0. The number of ether oxygens (including phenoxy) is 1. The van der Waals surface area contributed by atoms with Crippen LogP contribution in [0.1, 0.15) is 18.9 Å². The molecule has 0 radical (unpaired) electrons. The van der Waals surface area contributed by atoms with Crippen molar-refractivity contribution in [1.82, 2.24) is 0 Å². The van der Waals surface area contributed by atoms with E-state index in [4.69, 9.17) is 11.6 Å². The van der Waals surface area contributed by atoms with Crippen LogP contribution in [0, 0.1) is 17.5 Å². The summed E-state index contributed by atoms with van der Waals surface area (Å²) in [6, 6.07) is -0.339. The Labute approximate surface area is 139 Å². The number of alkyl halides is 1. The van der Waals surface area contributed by atoms with Crippen molar-refractivity contribution in [3.8, 4) is 0 Å². The number of esters is 1. The van der Waals surface area contributed by atoms with Gasteiger partial charge in [-0.1, -0.05) is 11.6 Å². The van der Waals surface area contributed by atoms with Gasteiger partial charge in [0.25, 0.3) is 0 Å². The van der Waals surface area contributed by atoms with Crippen molar-refractivity contribution < 1.29 is 32.2 Å². The fraction of sp³-hybridized carbons (Fsp3) is 0.333. The first-order chi connectivity index (χ1) is 11.3. The Bertz CT molecular complexity index is 736. The third-order valence-corrected chi connectivity index (χ3v) is 3.52. The van der Waals surface area contributed by atoms with E-state index < -0.39 is 57.6 Å². The summed E-state index contributed by atoms with van der Waals surface area (Å²) in [4.78, 5) is 15.6. The zero-order valence-electron chi connectivity index (χ0n) is 12.3. The number of aliphatic imine (C=N–C) groups is 1. The molecule has 0 aromatic heterocycles. The molecule has 2 rings (SSSR count). The van der Waals surface area contributed by atoms with Gasteiger partial charge in [0.15, 0.2) is 17.5 Å². The summed E-state index contributed by atoms with van der Waals surface area (Å²) in [6.45, 7) is 1.41. The van der Waals surface area contributed by atoms with Crippen LogP contribution in [-0.4, -0.2) is 36.1 Å². The molecule has 9 heteroatoms. The van der Waals surface area contributed by atoms with Gasteiger partial charge in [-0.3, -0.25) is 4.99 Å². The van der Waals surface area contributed by atoms with Crippen molar-refractivity contribution >= 4 is 29.5 Å². The summed E-state index contributed by atoms with van der Waals surface area (Å²) < 4.78 is 58.1. The number of rotatable bonds is 5. The van der Waals surface area contributed by atoms with Crippen LogP contribution < -0.4 is 0 Å². The predicted molar refractivity (Wildman–Crippen MR) is 79.3 cm³/mol. The number of halogens is 5. The van der Waals surface area contributed by atoms with Crippen molar-refractivity contribution in [3.63, 3.8) is 0 Å². The van der Waals surface area contributed by atoms with Gasteiger partial charge in [-0.05, 0) is 13.0 Å². The van der Waals surface area contributed by atoms with Crippen LogP contribution in [0.5, 0.6) is 0 Å². The number of aliphatic hydroxyl groups excluding tert-OH is 1. The Kier molecular flexibility index (Phi) is 5.48. The lowest BCUT2D eigenvalue weighted by Crippen LogP contribution is -2.12. The standard InChI is InChI=1S/C15H12ClF4NO3/c1-2-24-15(23)7(5-21-10-4-8(10)17)14(22)6-3-9(18)13(20)11(16)12(6)19/h3,5,8,10,22H,2,4H2,1H3/b14-7+,21-5?/t8-,10+/m0/s1. The summed E-state index contributed by atoms with van der Waals surface area (Å²) in [5.41, 5.74) is -1.47. The number of hydrogen-bond acceptors (Lipinski definition) is 4. The molecule has 0 unspecified atom stereocenters. The number of aliphatic hydroxyl groups is 1. The normalized spacial score (nSPS) is 20.9. The molecule has 2 atom stereocenters. The molecule has 0 saturated heterocycles. The monoisotopic (exact) mass is 365 g/mol. The molecular weight excluding hydrogens is 354 g/mol. The number of hydrogen-bond donors (Lipinski definition) is 1. The first kappa shape index (κ1) is 18.3. The van der Waals surface area contributed by atoms with E-state index in [0.29, 0.717) is 6.07 Å². The Morgan fingerprint density at radius 2 is 2.08 bits per heavy atom. The average molecular weight is 366 g/mol. The largest absolute Gasteiger partial charge is 0.506 e. The van der Waals surface area contributed by atoms with Crippen molar-refractivity contribution in [1.29, 1.82) is 0 Å². The van der Waals surface area contributed by atoms with E-state index in [2.05, 4.69) is 9.73 Å². The first-order valence-electron chi connectivity index (χ1n) is 6.88. The Balaban J connectivity index is 2.52. The quantitative estimate of drug-likeness (QED) is 0.164. The Morgan fingerprint density at radius 1 is 1.46 bits per heavy atom. The van der Waals surface area contributed by atoms with Crippen LogP contribution in [0.25, 0.3) is 5.76 Å².